The number of amides is 1. The molecule has 1 amide bonds. The maximum Gasteiger partial charge on any atom is 0.274 e. The van der Waals surface area contributed by atoms with Crippen molar-refractivity contribution in [2.24, 2.45) is 0 Å². The Morgan fingerprint density at radius 1 is 1.05 bits per heavy atom. The van der Waals surface area contributed by atoms with E-state index in [1.807, 2.05) is 30.3 Å². The third-order valence-corrected chi connectivity index (χ3v) is 7.20. The van der Waals surface area contributed by atoms with Gasteiger partial charge in [0.25, 0.3) is 5.91 Å². The van der Waals surface area contributed by atoms with Gasteiger partial charge in [0.1, 0.15) is 34.2 Å². The van der Waals surface area contributed by atoms with Crippen LogP contribution in [0, 0.1) is 5.82 Å². The number of para-hydroxylation sites is 1. The van der Waals surface area contributed by atoms with E-state index in [9.17, 15) is 9.18 Å². The molecule has 3 heterocycles. The van der Waals surface area contributed by atoms with Gasteiger partial charge in [-0.05, 0) is 47.5 Å². The standard InChI is InChI=1S/C28H23BrFN5O3/c1-37-20-9-7-16(24(11-20)38-2)12-31-28-33-25-21(4-3-5-22(25)30)26-32-23(15-35(26)28)27(36)34-13-17-6-8-19(29)10-18(17)14-34/h3-11,15H,12-14H2,1-2H3,(H,31,33). The smallest absolute Gasteiger partial charge is 0.274 e. The zero-order chi connectivity index (χ0) is 26.4. The minimum Gasteiger partial charge on any atom is -0.497 e. The van der Waals surface area contributed by atoms with Gasteiger partial charge in [-0.25, -0.2) is 14.4 Å². The van der Waals surface area contributed by atoms with E-state index in [1.54, 1.807) is 47.9 Å². The number of imidazole rings is 1. The molecule has 1 N–H and O–H groups in total. The van der Waals surface area contributed by atoms with E-state index >= 15 is 0 Å². The molecule has 10 heteroatoms. The van der Waals surface area contributed by atoms with Gasteiger partial charge in [0.2, 0.25) is 5.95 Å². The number of methoxy groups -OCH3 is 2. The Morgan fingerprint density at radius 2 is 1.89 bits per heavy atom. The fraction of sp³-hybridized carbons (Fsp3) is 0.179. The van der Waals surface area contributed by atoms with Crippen LogP contribution in [0.3, 0.4) is 0 Å². The summed E-state index contributed by atoms with van der Waals surface area (Å²) < 4.78 is 28.3. The number of rotatable bonds is 6. The monoisotopic (exact) mass is 575 g/mol. The van der Waals surface area contributed by atoms with Crippen LogP contribution in [-0.4, -0.2) is 39.4 Å². The van der Waals surface area contributed by atoms with Crippen molar-refractivity contribution in [2.75, 3.05) is 19.5 Å². The molecule has 0 fully saturated rings. The Hall–Kier alpha value is -4.18. The number of fused-ring (bicyclic) bond motifs is 4. The molecule has 0 spiro atoms. The van der Waals surface area contributed by atoms with E-state index in [0.717, 1.165) is 21.2 Å². The second-order valence-corrected chi connectivity index (χ2v) is 9.91. The fourth-order valence-corrected chi connectivity index (χ4v) is 5.18. The molecule has 0 saturated carbocycles. The number of halogens is 2. The lowest BCUT2D eigenvalue weighted by Gasteiger charge is -2.13. The van der Waals surface area contributed by atoms with Gasteiger partial charge < -0.3 is 19.7 Å². The number of anilines is 1. The van der Waals surface area contributed by atoms with Crippen molar-refractivity contribution in [3.63, 3.8) is 0 Å². The van der Waals surface area contributed by atoms with Crippen molar-refractivity contribution in [1.29, 1.82) is 0 Å². The number of nitrogens with zero attached hydrogens (tertiary/aromatic N) is 4. The average molecular weight is 576 g/mol. The summed E-state index contributed by atoms with van der Waals surface area (Å²) in [4.78, 5) is 24.5. The quantitative estimate of drug-likeness (QED) is 0.285. The van der Waals surface area contributed by atoms with Crippen molar-refractivity contribution in [1.82, 2.24) is 19.3 Å². The Morgan fingerprint density at radius 3 is 2.71 bits per heavy atom. The number of nitrogens with one attached hydrogen (secondary N) is 1. The minimum atomic E-state index is -0.466. The van der Waals surface area contributed by atoms with Gasteiger partial charge in [-0.15, -0.1) is 0 Å². The fourth-order valence-electron chi connectivity index (χ4n) is 4.77. The molecule has 0 saturated heterocycles. The number of aromatic nitrogens is 3. The van der Waals surface area contributed by atoms with Crippen molar-refractivity contribution >= 4 is 44.3 Å². The van der Waals surface area contributed by atoms with Crippen LogP contribution in [-0.2, 0) is 19.6 Å². The second-order valence-electron chi connectivity index (χ2n) is 9.00. The highest BCUT2D eigenvalue weighted by molar-refractivity contribution is 9.10. The second kappa shape index (κ2) is 9.60. The maximum absolute atomic E-state index is 14.8. The third kappa shape index (κ3) is 4.20. The summed E-state index contributed by atoms with van der Waals surface area (Å²) >= 11 is 3.50. The third-order valence-electron chi connectivity index (χ3n) is 6.71. The summed E-state index contributed by atoms with van der Waals surface area (Å²) in [7, 11) is 3.18. The molecule has 5 aromatic rings. The molecule has 0 atom stereocenters. The molecule has 0 unspecified atom stereocenters. The SMILES string of the molecule is COc1ccc(CNc2nc3c(F)cccc3c3nc(C(=O)N4Cc5ccc(Br)cc5C4)cn23)c(OC)c1. The zero-order valence-corrected chi connectivity index (χ0v) is 22.3. The Bertz CT molecular complexity index is 1720. The van der Waals surface area contributed by atoms with Crippen LogP contribution in [0.15, 0.2) is 65.3 Å². The molecule has 1 aliphatic rings. The number of hydrogen-bond donors (Lipinski definition) is 1. The van der Waals surface area contributed by atoms with Crippen LogP contribution in [0.2, 0.25) is 0 Å². The molecule has 192 valence electrons. The molecule has 8 nitrogen and oxygen atoms in total. The number of hydrogen-bond acceptors (Lipinski definition) is 6. The van der Waals surface area contributed by atoms with Gasteiger partial charge in [0.05, 0.1) is 14.2 Å². The Kier molecular flexibility index (Phi) is 6.11. The lowest BCUT2D eigenvalue weighted by atomic mass is 10.1. The minimum absolute atomic E-state index is 0.173. The van der Waals surface area contributed by atoms with Crippen molar-refractivity contribution in [3.05, 3.63) is 93.5 Å². The summed E-state index contributed by atoms with van der Waals surface area (Å²) in [5, 5.41) is 3.79. The van der Waals surface area contributed by atoms with Crippen molar-refractivity contribution < 1.29 is 18.7 Å². The molecule has 3 aromatic carbocycles. The van der Waals surface area contributed by atoms with Crippen LogP contribution in [0.5, 0.6) is 11.5 Å². The summed E-state index contributed by atoms with van der Waals surface area (Å²) in [5.74, 6) is 1.01. The topological polar surface area (TPSA) is 81.0 Å². The average Bonchev–Trinajstić information content (AvgIpc) is 3.56. The Balaban J connectivity index is 1.38. The van der Waals surface area contributed by atoms with Gasteiger partial charge >= 0.3 is 0 Å². The van der Waals surface area contributed by atoms with Gasteiger partial charge in [-0.1, -0.05) is 28.1 Å². The van der Waals surface area contributed by atoms with Gasteiger partial charge in [-0.3, -0.25) is 9.20 Å². The van der Waals surface area contributed by atoms with Crippen LogP contribution in [0.4, 0.5) is 10.3 Å². The molecule has 6 rings (SSSR count). The molecule has 38 heavy (non-hydrogen) atoms. The molecule has 0 radical (unpaired) electrons. The molecular weight excluding hydrogens is 553 g/mol. The molecule has 0 bridgehead atoms. The first-order chi connectivity index (χ1) is 18.4. The molecule has 1 aliphatic heterocycles. The predicted molar refractivity (Wildman–Crippen MR) is 145 cm³/mol. The van der Waals surface area contributed by atoms with E-state index in [2.05, 4.69) is 31.2 Å². The number of carbonyl (C=O) groups is 1. The van der Waals surface area contributed by atoms with E-state index < -0.39 is 5.82 Å². The summed E-state index contributed by atoms with van der Waals surface area (Å²) in [5.41, 5.74) is 3.94. The first-order valence-electron chi connectivity index (χ1n) is 11.9. The summed E-state index contributed by atoms with van der Waals surface area (Å²) in [6, 6.07) is 16.3. The van der Waals surface area contributed by atoms with Crippen LogP contribution in [0.1, 0.15) is 27.2 Å². The van der Waals surface area contributed by atoms with E-state index in [1.165, 1.54) is 6.07 Å². The summed E-state index contributed by atoms with van der Waals surface area (Å²) in [6.45, 7) is 1.34. The maximum atomic E-state index is 14.8. The Labute approximate surface area is 226 Å². The predicted octanol–water partition coefficient (Wildman–Crippen LogP) is 5.57. The molecular formula is C28H23BrFN5O3. The van der Waals surface area contributed by atoms with E-state index in [4.69, 9.17) is 9.47 Å². The number of ether oxygens (including phenoxy) is 2. The largest absolute Gasteiger partial charge is 0.497 e. The van der Waals surface area contributed by atoms with Gasteiger partial charge in [0, 0.05) is 47.3 Å². The van der Waals surface area contributed by atoms with Crippen molar-refractivity contribution in [2.45, 2.75) is 19.6 Å². The first kappa shape index (κ1) is 24.2. The lowest BCUT2D eigenvalue weighted by molar-refractivity contribution is 0.0746. The van der Waals surface area contributed by atoms with Crippen LogP contribution in [0.25, 0.3) is 16.6 Å². The van der Waals surface area contributed by atoms with E-state index in [-0.39, 0.29) is 17.1 Å². The zero-order valence-electron chi connectivity index (χ0n) is 20.7. The lowest BCUT2D eigenvalue weighted by Crippen LogP contribution is -2.25. The first-order valence-corrected chi connectivity index (χ1v) is 12.7. The molecule has 0 aliphatic carbocycles. The van der Waals surface area contributed by atoms with Crippen LogP contribution >= 0.6 is 15.9 Å². The van der Waals surface area contributed by atoms with Crippen molar-refractivity contribution in [3.8, 4) is 11.5 Å². The number of carbonyl (C=O) groups excluding carboxylic acids is 1. The normalized spacial score (nSPS) is 12.7. The number of benzene rings is 3. The molecule has 2 aromatic heterocycles. The van der Waals surface area contributed by atoms with E-state index in [0.29, 0.717) is 48.1 Å². The highest BCUT2D eigenvalue weighted by Crippen LogP contribution is 2.30. The van der Waals surface area contributed by atoms with Crippen LogP contribution < -0.4 is 14.8 Å². The highest BCUT2D eigenvalue weighted by Gasteiger charge is 2.27. The summed E-state index contributed by atoms with van der Waals surface area (Å²) in [6.07, 6.45) is 1.65. The highest BCUT2D eigenvalue weighted by atomic mass is 79.9. The van der Waals surface area contributed by atoms with Gasteiger partial charge in [-0.2, -0.15) is 0 Å². The van der Waals surface area contributed by atoms with Gasteiger partial charge in [0.15, 0.2) is 0 Å².